The summed E-state index contributed by atoms with van der Waals surface area (Å²) in [5, 5.41) is 12.6. The lowest BCUT2D eigenvalue weighted by molar-refractivity contribution is 0.111. The predicted octanol–water partition coefficient (Wildman–Crippen LogP) is 0.230. The molecule has 4 heterocycles. The Morgan fingerprint density at radius 3 is 2.65 bits per heavy atom. The van der Waals surface area contributed by atoms with Crippen LogP contribution in [-0.2, 0) is 4.74 Å². The molecule has 3 aromatic heterocycles. The summed E-state index contributed by atoms with van der Waals surface area (Å²) in [5.41, 5.74) is 1.68. The van der Waals surface area contributed by atoms with Crippen LogP contribution >= 0.6 is 0 Å². The van der Waals surface area contributed by atoms with Crippen LogP contribution in [0.5, 0.6) is 0 Å². The van der Waals surface area contributed by atoms with E-state index in [1.807, 2.05) is 0 Å². The average molecular weight is 311 g/mol. The Morgan fingerprint density at radius 1 is 1.13 bits per heavy atom. The van der Waals surface area contributed by atoms with Gasteiger partial charge in [-0.15, -0.1) is 10.2 Å². The minimum Gasteiger partial charge on any atom is -0.378 e. The van der Waals surface area contributed by atoms with Gasteiger partial charge in [0.2, 0.25) is 11.5 Å². The van der Waals surface area contributed by atoms with Gasteiger partial charge in [0.25, 0.3) is 0 Å². The molecule has 1 aliphatic heterocycles. The molecule has 116 valence electrons. The monoisotopic (exact) mass is 311 g/mol. The fourth-order valence-electron chi connectivity index (χ4n) is 2.53. The van der Waals surface area contributed by atoms with E-state index in [1.54, 1.807) is 24.5 Å². The quantitative estimate of drug-likeness (QED) is 0.634. The van der Waals surface area contributed by atoms with Gasteiger partial charge >= 0.3 is 0 Å². The van der Waals surface area contributed by atoms with Crippen molar-refractivity contribution in [3.63, 3.8) is 0 Å². The van der Waals surface area contributed by atoms with Crippen molar-refractivity contribution < 1.29 is 9.53 Å². The number of ether oxygens (including phenoxy) is 1. The molecular weight excluding hydrogens is 298 g/mol. The van der Waals surface area contributed by atoms with E-state index < -0.39 is 0 Å². The van der Waals surface area contributed by atoms with Gasteiger partial charge in [-0.1, -0.05) is 0 Å². The molecule has 0 bridgehead atoms. The van der Waals surface area contributed by atoms with Gasteiger partial charge < -0.3 is 9.64 Å². The first-order chi connectivity index (χ1) is 11.4. The Kier molecular flexibility index (Phi) is 3.39. The Labute approximate surface area is 130 Å². The van der Waals surface area contributed by atoms with Gasteiger partial charge in [-0.3, -0.25) is 4.79 Å². The molecule has 0 N–H and O–H groups in total. The maximum Gasteiger partial charge on any atom is 0.223 e. The highest BCUT2D eigenvalue weighted by Gasteiger charge is 2.21. The number of morpholine rings is 1. The van der Waals surface area contributed by atoms with Crippen LogP contribution in [0.2, 0.25) is 0 Å². The number of hydrogen-bond acceptors (Lipinski definition) is 8. The average Bonchev–Trinajstić information content (AvgIpc) is 3.06. The number of nitrogens with zero attached hydrogens (tertiary/aromatic N) is 7. The summed E-state index contributed by atoms with van der Waals surface area (Å²) in [5.74, 6) is 0.808. The van der Waals surface area contributed by atoms with Crippen molar-refractivity contribution in [1.82, 2.24) is 29.8 Å². The SMILES string of the molecule is O=Cc1cc(N2CCOCC2)c2nnc(-c3ncccn3)n2n1. The number of hydrogen-bond donors (Lipinski definition) is 0. The number of rotatable bonds is 3. The number of aromatic nitrogens is 6. The van der Waals surface area contributed by atoms with Gasteiger partial charge in [-0.25, -0.2) is 9.97 Å². The minimum atomic E-state index is 0.302. The topological polar surface area (TPSA) is 98.4 Å². The molecule has 1 aliphatic rings. The summed E-state index contributed by atoms with van der Waals surface area (Å²) in [6, 6.07) is 3.44. The van der Waals surface area contributed by atoms with Crippen LogP contribution in [0.25, 0.3) is 17.3 Å². The summed E-state index contributed by atoms with van der Waals surface area (Å²) < 4.78 is 6.89. The zero-order valence-corrected chi connectivity index (χ0v) is 12.2. The van der Waals surface area contributed by atoms with E-state index >= 15 is 0 Å². The van der Waals surface area contributed by atoms with Crippen LogP contribution in [0, 0.1) is 0 Å². The van der Waals surface area contributed by atoms with Crippen LogP contribution in [0.4, 0.5) is 5.69 Å². The number of fused-ring (bicyclic) bond motifs is 1. The summed E-state index contributed by atoms with van der Waals surface area (Å²) in [7, 11) is 0. The van der Waals surface area contributed by atoms with Crippen molar-refractivity contribution in [3.8, 4) is 11.6 Å². The Bertz CT molecular complexity index is 843. The number of carbonyl (C=O) groups is 1. The first-order valence-corrected chi connectivity index (χ1v) is 7.18. The molecular formula is C14H13N7O2. The van der Waals surface area contributed by atoms with E-state index in [0.29, 0.717) is 42.5 Å². The third-order valence-corrected chi connectivity index (χ3v) is 3.61. The van der Waals surface area contributed by atoms with Gasteiger partial charge in [0.05, 0.1) is 18.9 Å². The smallest absolute Gasteiger partial charge is 0.223 e. The van der Waals surface area contributed by atoms with E-state index in [0.717, 1.165) is 18.8 Å². The van der Waals surface area contributed by atoms with Gasteiger partial charge in [-0.05, 0) is 12.1 Å². The lowest BCUT2D eigenvalue weighted by Gasteiger charge is -2.28. The highest BCUT2D eigenvalue weighted by molar-refractivity contribution is 5.79. The Hall–Kier alpha value is -2.94. The second-order valence-electron chi connectivity index (χ2n) is 5.00. The second-order valence-corrected chi connectivity index (χ2v) is 5.00. The molecule has 0 atom stereocenters. The zero-order valence-electron chi connectivity index (χ0n) is 12.2. The highest BCUT2D eigenvalue weighted by Crippen LogP contribution is 2.24. The molecule has 9 nitrogen and oxygen atoms in total. The van der Waals surface area contributed by atoms with Crippen molar-refractivity contribution in [2.24, 2.45) is 0 Å². The van der Waals surface area contributed by atoms with E-state index in [1.165, 1.54) is 4.52 Å². The van der Waals surface area contributed by atoms with Crippen LogP contribution < -0.4 is 4.90 Å². The lowest BCUT2D eigenvalue weighted by atomic mass is 10.3. The standard InChI is InChI=1S/C14H13N7O2/c22-9-10-8-11(20-4-6-23-7-5-20)13-17-18-14(21(13)19-10)12-15-2-1-3-16-12/h1-3,8-9H,4-7H2. The molecule has 0 aliphatic carbocycles. The van der Waals surface area contributed by atoms with Crippen molar-refractivity contribution in [2.75, 3.05) is 31.2 Å². The third-order valence-electron chi connectivity index (χ3n) is 3.61. The molecule has 0 aromatic carbocycles. The fraction of sp³-hybridized carbons (Fsp3) is 0.286. The summed E-state index contributed by atoms with van der Waals surface area (Å²) >= 11 is 0. The molecule has 4 rings (SSSR count). The molecule has 23 heavy (non-hydrogen) atoms. The Morgan fingerprint density at radius 2 is 1.91 bits per heavy atom. The molecule has 0 radical (unpaired) electrons. The molecule has 1 fully saturated rings. The Balaban J connectivity index is 1.90. The molecule has 0 amide bonds. The lowest BCUT2D eigenvalue weighted by Crippen LogP contribution is -2.36. The molecule has 1 saturated heterocycles. The first-order valence-electron chi connectivity index (χ1n) is 7.18. The van der Waals surface area contributed by atoms with Crippen LogP contribution in [0.3, 0.4) is 0 Å². The minimum absolute atomic E-state index is 0.302. The van der Waals surface area contributed by atoms with Crippen LogP contribution in [-0.4, -0.2) is 62.4 Å². The predicted molar refractivity (Wildman–Crippen MR) is 80.2 cm³/mol. The van der Waals surface area contributed by atoms with E-state index in [-0.39, 0.29) is 0 Å². The molecule has 0 unspecified atom stereocenters. The van der Waals surface area contributed by atoms with Gasteiger partial charge in [0.1, 0.15) is 5.69 Å². The zero-order chi connectivity index (χ0) is 15.6. The number of carbonyl (C=O) groups excluding carboxylic acids is 1. The van der Waals surface area contributed by atoms with Crippen LogP contribution in [0.1, 0.15) is 10.5 Å². The van der Waals surface area contributed by atoms with Crippen molar-refractivity contribution in [1.29, 1.82) is 0 Å². The number of aldehydes is 1. The van der Waals surface area contributed by atoms with Gasteiger partial charge in [0.15, 0.2) is 12.1 Å². The molecule has 3 aromatic rings. The number of anilines is 1. The summed E-state index contributed by atoms with van der Waals surface area (Å²) in [4.78, 5) is 21.7. The first kappa shape index (κ1) is 13.7. The highest BCUT2D eigenvalue weighted by atomic mass is 16.5. The van der Waals surface area contributed by atoms with E-state index in [9.17, 15) is 4.79 Å². The van der Waals surface area contributed by atoms with Crippen molar-refractivity contribution in [3.05, 3.63) is 30.2 Å². The fourth-order valence-corrected chi connectivity index (χ4v) is 2.53. The third kappa shape index (κ3) is 2.40. The van der Waals surface area contributed by atoms with Crippen molar-refractivity contribution in [2.45, 2.75) is 0 Å². The molecule has 0 spiro atoms. The van der Waals surface area contributed by atoms with Crippen molar-refractivity contribution >= 4 is 17.6 Å². The van der Waals surface area contributed by atoms with E-state index in [4.69, 9.17) is 4.74 Å². The molecule has 9 heteroatoms. The second kappa shape index (κ2) is 5.69. The maximum atomic E-state index is 11.3. The van der Waals surface area contributed by atoms with Gasteiger partial charge in [0, 0.05) is 25.5 Å². The van der Waals surface area contributed by atoms with E-state index in [2.05, 4.69) is 30.2 Å². The largest absolute Gasteiger partial charge is 0.378 e. The van der Waals surface area contributed by atoms with Gasteiger partial charge in [-0.2, -0.15) is 9.61 Å². The van der Waals surface area contributed by atoms with Crippen LogP contribution in [0.15, 0.2) is 24.5 Å². The summed E-state index contributed by atoms with van der Waals surface area (Å²) in [6.07, 6.45) is 3.95. The summed E-state index contributed by atoms with van der Waals surface area (Å²) in [6.45, 7) is 2.71. The maximum absolute atomic E-state index is 11.3. The molecule has 0 saturated carbocycles. The normalized spacial score (nSPS) is 15.0.